The average Bonchev–Trinajstić information content (AvgIpc) is 2.82. The number of nitrogens with zero attached hydrogens (tertiary/aromatic N) is 1. The van der Waals surface area contributed by atoms with Gasteiger partial charge < -0.3 is 16.0 Å². The van der Waals surface area contributed by atoms with Gasteiger partial charge in [-0.1, -0.05) is 6.07 Å². The first-order valence-corrected chi connectivity index (χ1v) is 6.05. The van der Waals surface area contributed by atoms with E-state index in [4.69, 9.17) is 5.73 Å². The van der Waals surface area contributed by atoms with Gasteiger partial charge in [0.1, 0.15) is 0 Å². The lowest BCUT2D eigenvalue weighted by Gasteiger charge is -2.03. The summed E-state index contributed by atoms with van der Waals surface area (Å²) in [6.45, 7) is 0.340. The number of hydrogen-bond acceptors (Lipinski definition) is 3. The van der Waals surface area contributed by atoms with Crippen LogP contribution in [0.2, 0.25) is 0 Å². The Hall–Kier alpha value is -2.63. The Bertz CT molecular complexity index is 767. The monoisotopic (exact) mass is 274 g/mol. The Morgan fingerprint density at radius 1 is 1.10 bits per heavy atom. The van der Waals surface area contributed by atoms with E-state index in [0.29, 0.717) is 23.7 Å². The van der Waals surface area contributed by atoms with E-state index < -0.39 is 11.6 Å². The first-order chi connectivity index (χ1) is 9.61. The highest BCUT2D eigenvalue weighted by Crippen LogP contribution is 2.18. The van der Waals surface area contributed by atoms with Crippen molar-refractivity contribution in [2.24, 2.45) is 0 Å². The molecule has 0 aliphatic rings. The third-order valence-electron chi connectivity index (χ3n) is 2.95. The van der Waals surface area contributed by atoms with Crippen LogP contribution in [-0.2, 0) is 6.54 Å². The largest absolute Gasteiger partial charge is 0.399 e. The maximum absolute atomic E-state index is 13.1. The molecule has 4 N–H and O–H groups in total. The number of anilines is 2. The number of nitrogens with two attached hydrogens (primary N) is 1. The highest BCUT2D eigenvalue weighted by atomic mass is 19.2. The van der Waals surface area contributed by atoms with Crippen LogP contribution in [-0.4, -0.2) is 9.97 Å². The summed E-state index contributed by atoms with van der Waals surface area (Å²) in [5.41, 5.74) is 8.56. The van der Waals surface area contributed by atoms with E-state index in [1.54, 1.807) is 12.1 Å². The summed E-state index contributed by atoms with van der Waals surface area (Å²) >= 11 is 0. The normalized spacial score (nSPS) is 10.9. The predicted octanol–water partition coefficient (Wildman–Crippen LogP) is 3.04. The van der Waals surface area contributed by atoms with Gasteiger partial charge in [0.05, 0.1) is 11.0 Å². The molecule has 4 nitrogen and oxygen atoms in total. The van der Waals surface area contributed by atoms with Crippen molar-refractivity contribution in [3.05, 3.63) is 53.6 Å². The van der Waals surface area contributed by atoms with E-state index in [-0.39, 0.29) is 0 Å². The topological polar surface area (TPSA) is 66.7 Å². The molecule has 0 fully saturated rings. The number of fused-ring (bicyclic) bond motifs is 1. The smallest absolute Gasteiger partial charge is 0.201 e. The number of halogens is 2. The summed E-state index contributed by atoms with van der Waals surface area (Å²) in [5, 5.41) is 3.02. The molecule has 3 rings (SSSR count). The van der Waals surface area contributed by atoms with Crippen molar-refractivity contribution in [3.8, 4) is 0 Å². The molecule has 20 heavy (non-hydrogen) atoms. The minimum Gasteiger partial charge on any atom is -0.399 e. The lowest BCUT2D eigenvalue weighted by molar-refractivity contribution is 0.507. The molecule has 0 atom stereocenters. The molecular formula is C14H12F2N4. The number of imidazole rings is 1. The number of rotatable bonds is 3. The van der Waals surface area contributed by atoms with Crippen LogP contribution in [0, 0.1) is 11.6 Å². The number of aromatic amines is 1. The molecule has 6 heteroatoms. The summed E-state index contributed by atoms with van der Waals surface area (Å²) in [6.07, 6.45) is 0. The first kappa shape index (κ1) is 12.4. The van der Waals surface area contributed by atoms with Gasteiger partial charge in [0.25, 0.3) is 0 Å². The van der Waals surface area contributed by atoms with Crippen molar-refractivity contribution in [1.82, 2.24) is 9.97 Å². The Morgan fingerprint density at radius 2 is 1.95 bits per heavy atom. The first-order valence-electron chi connectivity index (χ1n) is 6.05. The van der Waals surface area contributed by atoms with Gasteiger partial charge in [0.15, 0.2) is 11.6 Å². The van der Waals surface area contributed by atoms with Crippen LogP contribution in [0.1, 0.15) is 5.56 Å². The fraction of sp³-hybridized carbons (Fsp3) is 0.0714. The zero-order chi connectivity index (χ0) is 14.1. The molecule has 3 aromatic rings. The van der Waals surface area contributed by atoms with Gasteiger partial charge in [-0.2, -0.15) is 0 Å². The van der Waals surface area contributed by atoms with Crippen LogP contribution in [0.15, 0.2) is 36.4 Å². The van der Waals surface area contributed by atoms with Crippen molar-refractivity contribution in [3.63, 3.8) is 0 Å². The van der Waals surface area contributed by atoms with Crippen molar-refractivity contribution in [2.75, 3.05) is 11.1 Å². The molecule has 1 heterocycles. The Labute approximate surface area is 113 Å². The maximum atomic E-state index is 13.1. The molecule has 0 aliphatic carbocycles. The van der Waals surface area contributed by atoms with E-state index >= 15 is 0 Å². The highest BCUT2D eigenvalue weighted by Gasteiger charge is 2.05. The summed E-state index contributed by atoms with van der Waals surface area (Å²) < 4.78 is 25.9. The van der Waals surface area contributed by atoms with Gasteiger partial charge in [-0.05, 0) is 35.9 Å². The van der Waals surface area contributed by atoms with Gasteiger partial charge in [0, 0.05) is 12.2 Å². The maximum Gasteiger partial charge on any atom is 0.201 e. The Morgan fingerprint density at radius 3 is 2.75 bits per heavy atom. The summed E-state index contributed by atoms with van der Waals surface area (Å²) in [4.78, 5) is 7.38. The van der Waals surface area contributed by atoms with Crippen LogP contribution in [0.25, 0.3) is 11.0 Å². The van der Waals surface area contributed by atoms with Gasteiger partial charge in [0.2, 0.25) is 5.95 Å². The minimum atomic E-state index is -0.860. The number of benzene rings is 2. The van der Waals surface area contributed by atoms with Crippen LogP contribution in [0.5, 0.6) is 0 Å². The summed E-state index contributed by atoms with van der Waals surface area (Å²) in [7, 11) is 0. The molecule has 1 aromatic heterocycles. The number of nitrogens with one attached hydrogen (secondary N) is 2. The van der Waals surface area contributed by atoms with E-state index in [0.717, 1.165) is 23.2 Å². The molecule has 0 aliphatic heterocycles. The Kier molecular flexibility index (Phi) is 2.98. The van der Waals surface area contributed by atoms with E-state index in [1.807, 2.05) is 6.07 Å². The molecule has 0 bridgehead atoms. The standard InChI is InChI=1S/C14H12F2N4/c15-10-3-1-8(5-11(10)16)7-18-14-19-12-4-2-9(17)6-13(12)20-14/h1-6H,7,17H2,(H2,18,19,20). The van der Waals surface area contributed by atoms with E-state index in [2.05, 4.69) is 15.3 Å². The molecule has 2 aromatic carbocycles. The van der Waals surface area contributed by atoms with E-state index in [9.17, 15) is 8.78 Å². The Balaban J connectivity index is 1.77. The van der Waals surface area contributed by atoms with Crippen molar-refractivity contribution < 1.29 is 8.78 Å². The quantitative estimate of drug-likeness (QED) is 0.643. The molecule has 0 unspecified atom stereocenters. The van der Waals surface area contributed by atoms with Crippen molar-refractivity contribution >= 4 is 22.7 Å². The second-order valence-corrected chi connectivity index (χ2v) is 4.46. The highest BCUT2D eigenvalue weighted by molar-refractivity contribution is 5.80. The average molecular weight is 274 g/mol. The van der Waals surface area contributed by atoms with Crippen LogP contribution in [0.4, 0.5) is 20.4 Å². The molecule has 0 saturated carbocycles. The number of H-pyrrole nitrogens is 1. The van der Waals surface area contributed by atoms with E-state index in [1.165, 1.54) is 6.07 Å². The molecular weight excluding hydrogens is 262 g/mol. The van der Waals surface area contributed by atoms with Crippen LogP contribution in [0.3, 0.4) is 0 Å². The lowest BCUT2D eigenvalue weighted by Crippen LogP contribution is -2.01. The van der Waals surface area contributed by atoms with Crippen LogP contribution >= 0.6 is 0 Å². The zero-order valence-electron chi connectivity index (χ0n) is 10.5. The second-order valence-electron chi connectivity index (χ2n) is 4.46. The SMILES string of the molecule is Nc1ccc2nc(NCc3ccc(F)c(F)c3)[nH]c2c1. The van der Waals surface area contributed by atoms with Gasteiger partial charge in [-0.3, -0.25) is 0 Å². The summed E-state index contributed by atoms with van der Waals surface area (Å²) in [5.74, 6) is -1.16. The fourth-order valence-electron chi connectivity index (χ4n) is 1.95. The third-order valence-corrected chi connectivity index (χ3v) is 2.95. The van der Waals surface area contributed by atoms with Gasteiger partial charge in [-0.15, -0.1) is 0 Å². The van der Waals surface area contributed by atoms with Crippen molar-refractivity contribution in [2.45, 2.75) is 6.54 Å². The number of hydrogen-bond donors (Lipinski definition) is 3. The third kappa shape index (κ3) is 2.40. The molecule has 0 radical (unpaired) electrons. The lowest BCUT2D eigenvalue weighted by atomic mass is 10.2. The summed E-state index contributed by atoms with van der Waals surface area (Å²) in [6, 6.07) is 9.14. The fourth-order valence-corrected chi connectivity index (χ4v) is 1.95. The zero-order valence-corrected chi connectivity index (χ0v) is 10.5. The number of nitrogen functional groups attached to an aromatic ring is 1. The van der Waals surface area contributed by atoms with Crippen molar-refractivity contribution in [1.29, 1.82) is 0 Å². The predicted molar refractivity (Wildman–Crippen MR) is 74.2 cm³/mol. The molecule has 0 amide bonds. The molecule has 0 spiro atoms. The number of aromatic nitrogens is 2. The van der Waals surface area contributed by atoms with Crippen LogP contribution < -0.4 is 11.1 Å². The second kappa shape index (κ2) is 4.80. The van der Waals surface area contributed by atoms with Gasteiger partial charge in [-0.25, -0.2) is 13.8 Å². The molecule has 102 valence electrons. The van der Waals surface area contributed by atoms with Gasteiger partial charge >= 0.3 is 0 Å². The molecule has 0 saturated heterocycles. The minimum absolute atomic E-state index is 0.340.